The Balaban J connectivity index is 2.30. The standard InChI is InChI=1S/C12H19N3O/c1-2-16-11-5-9-15-10-8-14-12(15)6-3-4-7-13/h8,10H,2-6,9,11H2,1H3/p+1. The minimum Gasteiger partial charge on any atom is -0.382 e. The lowest BCUT2D eigenvalue weighted by Crippen LogP contribution is -2.36. The van der Waals surface area contributed by atoms with Gasteiger partial charge in [-0.25, -0.2) is 9.55 Å². The molecule has 0 saturated heterocycles. The Labute approximate surface area is 96.9 Å². The molecule has 0 radical (unpaired) electrons. The number of aromatic amines is 1. The number of aromatic nitrogens is 2. The molecule has 0 saturated carbocycles. The number of aryl methyl sites for hydroxylation is 2. The van der Waals surface area contributed by atoms with E-state index in [0.717, 1.165) is 39.0 Å². The highest BCUT2D eigenvalue weighted by Crippen LogP contribution is 1.97. The maximum Gasteiger partial charge on any atom is 0.254 e. The summed E-state index contributed by atoms with van der Waals surface area (Å²) in [5.41, 5.74) is 0. The average Bonchev–Trinajstić information content (AvgIpc) is 2.73. The molecule has 1 N–H and O–H groups in total. The Morgan fingerprint density at radius 2 is 2.38 bits per heavy atom. The number of nitrogens with zero attached hydrogens (tertiary/aromatic N) is 2. The van der Waals surface area contributed by atoms with Gasteiger partial charge < -0.3 is 4.74 Å². The van der Waals surface area contributed by atoms with E-state index >= 15 is 0 Å². The van der Waals surface area contributed by atoms with Gasteiger partial charge in [-0.05, 0) is 13.3 Å². The Bertz CT molecular complexity index is 327. The first-order chi connectivity index (χ1) is 7.88. The lowest BCUT2D eigenvalue weighted by atomic mass is 10.2. The summed E-state index contributed by atoms with van der Waals surface area (Å²) in [4.78, 5) is 3.22. The third-order valence-electron chi connectivity index (χ3n) is 2.45. The molecule has 0 unspecified atom stereocenters. The number of ether oxygens (including phenoxy) is 1. The minimum absolute atomic E-state index is 0.623. The van der Waals surface area contributed by atoms with Crippen molar-refractivity contribution >= 4 is 0 Å². The fraction of sp³-hybridized carbons (Fsp3) is 0.667. The second-order valence-electron chi connectivity index (χ2n) is 3.66. The van der Waals surface area contributed by atoms with Gasteiger partial charge in [-0.3, -0.25) is 0 Å². The van der Waals surface area contributed by atoms with Crippen molar-refractivity contribution in [1.29, 1.82) is 5.26 Å². The Kier molecular flexibility index (Phi) is 6.28. The molecule has 1 aromatic rings. The predicted octanol–water partition coefficient (Wildman–Crippen LogP) is 1.58. The molecule has 0 aliphatic rings. The molecule has 1 rings (SSSR count). The number of hydrogen-bond donors (Lipinski definition) is 1. The molecule has 0 aromatic carbocycles. The van der Waals surface area contributed by atoms with Crippen molar-refractivity contribution in [2.75, 3.05) is 13.2 Å². The molecule has 88 valence electrons. The molecule has 0 amide bonds. The van der Waals surface area contributed by atoms with E-state index in [0.29, 0.717) is 6.42 Å². The molecular weight excluding hydrogens is 202 g/mol. The van der Waals surface area contributed by atoms with Crippen LogP contribution in [0.5, 0.6) is 0 Å². The molecule has 0 spiro atoms. The Morgan fingerprint density at radius 3 is 3.12 bits per heavy atom. The van der Waals surface area contributed by atoms with E-state index in [1.807, 2.05) is 19.3 Å². The van der Waals surface area contributed by atoms with Crippen LogP contribution < -0.4 is 4.57 Å². The number of rotatable bonds is 8. The zero-order valence-corrected chi connectivity index (χ0v) is 9.91. The van der Waals surface area contributed by atoms with Crippen LogP contribution >= 0.6 is 0 Å². The number of H-pyrrole nitrogens is 1. The number of nitriles is 1. The van der Waals surface area contributed by atoms with Crippen molar-refractivity contribution in [3.8, 4) is 6.07 Å². The Morgan fingerprint density at radius 1 is 1.50 bits per heavy atom. The van der Waals surface area contributed by atoms with E-state index in [9.17, 15) is 0 Å². The van der Waals surface area contributed by atoms with Gasteiger partial charge in [0, 0.05) is 19.4 Å². The molecule has 4 heteroatoms. The third kappa shape index (κ3) is 4.45. The molecule has 4 nitrogen and oxygen atoms in total. The summed E-state index contributed by atoms with van der Waals surface area (Å²) in [5, 5.41) is 8.48. The van der Waals surface area contributed by atoms with Gasteiger partial charge >= 0.3 is 0 Å². The predicted molar refractivity (Wildman–Crippen MR) is 60.6 cm³/mol. The summed E-state index contributed by atoms with van der Waals surface area (Å²) in [5.74, 6) is 1.20. The topological polar surface area (TPSA) is 52.7 Å². The maximum atomic E-state index is 8.48. The fourth-order valence-corrected chi connectivity index (χ4v) is 1.64. The SMILES string of the molecule is CCOCCC[n+]1cc[nH]c1CCCC#N. The molecule has 1 aromatic heterocycles. The van der Waals surface area contributed by atoms with Crippen molar-refractivity contribution in [2.24, 2.45) is 0 Å². The van der Waals surface area contributed by atoms with Crippen LogP contribution in [-0.2, 0) is 17.7 Å². The second kappa shape index (κ2) is 7.89. The largest absolute Gasteiger partial charge is 0.382 e. The van der Waals surface area contributed by atoms with Gasteiger partial charge in [-0.15, -0.1) is 0 Å². The van der Waals surface area contributed by atoms with Crippen molar-refractivity contribution in [3.63, 3.8) is 0 Å². The number of nitrogens with one attached hydrogen (secondary N) is 1. The summed E-state index contributed by atoms with van der Waals surface area (Å²) in [6.45, 7) is 4.58. The monoisotopic (exact) mass is 222 g/mol. The zero-order valence-electron chi connectivity index (χ0n) is 9.91. The van der Waals surface area contributed by atoms with Crippen molar-refractivity contribution in [2.45, 2.75) is 39.2 Å². The highest BCUT2D eigenvalue weighted by Gasteiger charge is 2.09. The van der Waals surface area contributed by atoms with Gasteiger partial charge in [-0.1, -0.05) is 0 Å². The minimum atomic E-state index is 0.623. The second-order valence-corrected chi connectivity index (χ2v) is 3.66. The van der Waals surface area contributed by atoms with E-state index in [4.69, 9.17) is 10.00 Å². The highest BCUT2D eigenvalue weighted by atomic mass is 16.5. The van der Waals surface area contributed by atoms with Gasteiger partial charge in [-0.2, -0.15) is 5.26 Å². The third-order valence-corrected chi connectivity index (χ3v) is 2.45. The first-order valence-electron chi connectivity index (χ1n) is 5.89. The number of unbranched alkanes of at least 4 members (excludes halogenated alkanes) is 1. The van der Waals surface area contributed by atoms with E-state index in [2.05, 4.69) is 15.6 Å². The molecule has 0 bridgehead atoms. The smallest absolute Gasteiger partial charge is 0.254 e. The lowest BCUT2D eigenvalue weighted by molar-refractivity contribution is -0.703. The van der Waals surface area contributed by atoms with Crippen LogP contribution in [0.1, 0.15) is 32.0 Å². The van der Waals surface area contributed by atoms with Crippen LogP contribution in [0.4, 0.5) is 0 Å². The first kappa shape index (κ1) is 12.7. The number of imidazole rings is 1. The van der Waals surface area contributed by atoms with Crippen LogP contribution in [0, 0.1) is 11.3 Å². The van der Waals surface area contributed by atoms with Crippen LogP contribution in [0.3, 0.4) is 0 Å². The molecular formula is C12H20N3O+. The van der Waals surface area contributed by atoms with Gasteiger partial charge in [0.2, 0.25) is 0 Å². The van der Waals surface area contributed by atoms with Crippen LogP contribution in [0.15, 0.2) is 12.4 Å². The van der Waals surface area contributed by atoms with Gasteiger partial charge in [0.15, 0.2) is 0 Å². The molecule has 1 heterocycles. The normalized spacial score (nSPS) is 10.2. The van der Waals surface area contributed by atoms with Crippen molar-refractivity contribution < 1.29 is 9.30 Å². The zero-order chi connectivity index (χ0) is 11.6. The van der Waals surface area contributed by atoms with Crippen LogP contribution in [-0.4, -0.2) is 18.2 Å². The molecule has 0 atom stereocenters. The van der Waals surface area contributed by atoms with E-state index in [-0.39, 0.29) is 0 Å². The van der Waals surface area contributed by atoms with E-state index in [1.165, 1.54) is 5.82 Å². The molecule has 0 fully saturated rings. The van der Waals surface area contributed by atoms with Gasteiger partial charge in [0.25, 0.3) is 5.82 Å². The summed E-state index contributed by atoms with van der Waals surface area (Å²) >= 11 is 0. The molecule has 0 aliphatic carbocycles. The van der Waals surface area contributed by atoms with Crippen molar-refractivity contribution in [1.82, 2.24) is 4.98 Å². The summed E-state index contributed by atoms with van der Waals surface area (Å²) < 4.78 is 7.51. The van der Waals surface area contributed by atoms with E-state index in [1.54, 1.807) is 0 Å². The van der Waals surface area contributed by atoms with Crippen LogP contribution in [0.25, 0.3) is 0 Å². The number of hydrogen-bond acceptors (Lipinski definition) is 2. The van der Waals surface area contributed by atoms with E-state index < -0.39 is 0 Å². The highest BCUT2D eigenvalue weighted by molar-refractivity contribution is 4.80. The molecule has 0 aliphatic heterocycles. The van der Waals surface area contributed by atoms with Crippen LogP contribution in [0.2, 0.25) is 0 Å². The maximum absolute atomic E-state index is 8.48. The fourth-order valence-electron chi connectivity index (χ4n) is 1.64. The lowest BCUT2D eigenvalue weighted by Gasteiger charge is -2.01. The quantitative estimate of drug-likeness (QED) is 0.536. The Hall–Kier alpha value is -1.34. The summed E-state index contributed by atoms with van der Waals surface area (Å²) in [6.07, 6.45) is 7.51. The average molecular weight is 222 g/mol. The van der Waals surface area contributed by atoms with Gasteiger partial charge in [0.05, 0.1) is 25.6 Å². The first-order valence-corrected chi connectivity index (χ1v) is 5.89. The van der Waals surface area contributed by atoms with Gasteiger partial charge in [0.1, 0.15) is 12.4 Å². The molecule has 16 heavy (non-hydrogen) atoms. The summed E-state index contributed by atoms with van der Waals surface area (Å²) in [7, 11) is 0. The van der Waals surface area contributed by atoms with Crippen molar-refractivity contribution in [3.05, 3.63) is 18.2 Å². The summed E-state index contributed by atoms with van der Waals surface area (Å²) in [6, 6.07) is 2.17.